The van der Waals surface area contributed by atoms with Gasteiger partial charge in [0.25, 0.3) is 0 Å². The number of hydrogen-bond acceptors (Lipinski definition) is 3. The molecular formula is C14H17BrO4S. The van der Waals surface area contributed by atoms with Crippen molar-refractivity contribution in [1.29, 1.82) is 0 Å². The highest BCUT2D eigenvalue weighted by molar-refractivity contribution is 9.10. The normalized spacial score (nSPS) is 28.0. The summed E-state index contributed by atoms with van der Waals surface area (Å²) in [5.41, 5.74) is -1.02. The van der Waals surface area contributed by atoms with E-state index in [0.29, 0.717) is 30.6 Å². The molecule has 0 saturated heterocycles. The lowest BCUT2D eigenvalue weighted by Crippen LogP contribution is -2.40. The zero-order valence-corrected chi connectivity index (χ0v) is 13.3. The van der Waals surface area contributed by atoms with E-state index in [0.717, 1.165) is 4.47 Å². The summed E-state index contributed by atoms with van der Waals surface area (Å²) in [5, 5.41) is 19.4. The molecule has 0 bridgehead atoms. The lowest BCUT2D eigenvalue weighted by molar-refractivity contribution is -0.144. The van der Waals surface area contributed by atoms with E-state index in [9.17, 15) is 14.1 Å². The van der Waals surface area contributed by atoms with E-state index >= 15 is 0 Å². The molecular weight excluding hydrogens is 344 g/mol. The van der Waals surface area contributed by atoms with Crippen LogP contribution in [0.2, 0.25) is 0 Å². The summed E-state index contributed by atoms with van der Waals surface area (Å²) < 4.78 is 13.1. The van der Waals surface area contributed by atoms with Crippen molar-refractivity contribution in [2.24, 2.45) is 5.92 Å². The summed E-state index contributed by atoms with van der Waals surface area (Å²) in [4.78, 5) is 11.6. The van der Waals surface area contributed by atoms with Gasteiger partial charge in [-0.1, -0.05) is 12.1 Å². The molecule has 1 saturated carbocycles. The Morgan fingerprint density at radius 1 is 1.35 bits per heavy atom. The molecule has 0 amide bonds. The first-order chi connectivity index (χ1) is 9.41. The molecule has 1 unspecified atom stereocenters. The van der Waals surface area contributed by atoms with Gasteiger partial charge < -0.3 is 10.2 Å². The number of benzene rings is 1. The molecule has 0 radical (unpaired) electrons. The molecule has 0 aromatic heterocycles. The summed E-state index contributed by atoms with van der Waals surface area (Å²) in [6, 6.07) is 7.24. The second kappa shape index (κ2) is 6.37. The SMILES string of the molecule is O=C(O)C1CCC(O)(CS(=O)c2ccccc2Br)CC1. The molecule has 6 heteroatoms. The largest absolute Gasteiger partial charge is 0.481 e. The average Bonchev–Trinajstić information content (AvgIpc) is 2.39. The van der Waals surface area contributed by atoms with E-state index in [1.807, 2.05) is 18.2 Å². The Bertz CT molecular complexity index is 524. The summed E-state index contributed by atoms with van der Waals surface area (Å²) in [5.74, 6) is -1.03. The number of aliphatic carboxylic acids is 1. The van der Waals surface area contributed by atoms with Crippen LogP contribution >= 0.6 is 15.9 Å². The maximum absolute atomic E-state index is 12.4. The third-order valence-corrected chi connectivity index (χ3v) is 6.35. The number of aliphatic hydroxyl groups is 1. The third kappa shape index (κ3) is 3.68. The fourth-order valence-electron chi connectivity index (χ4n) is 2.50. The zero-order valence-electron chi connectivity index (χ0n) is 10.9. The van der Waals surface area contributed by atoms with Gasteiger partial charge in [-0.2, -0.15) is 0 Å². The molecule has 4 nitrogen and oxygen atoms in total. The summed E-state index contributed by atoms with van der Waals surface area (Å²) in [6.07, 6.45) is 1.66. The van der Waals surface area contributed by atoms with Crippen molar-refractivity contribution in [2.75, 3.05) is 5.75 Å². The molecule has 0 heterocycles. The second-order valence-electron chi connectivity index (χ2n) is 5.26. The molecule has 1 aliphatic rings. The average molecular weight is 361 g/mol. The van der Waals surface area contributed by atoms with Crippen LogP contribution in [-0.2, 0) is 15.6 Å². The minimum absolute atomic E-state index is 0.155. The Hall–Kier alpha value is -0.720. The molecule has 1 aromatic rings. The van der Waals surface area contributed by atoms with Crippen LogP contribution in [0.1, 0.15) is 25.7 Å². The van der Waals surface area contributed by atoms with Crippen LogP contribution in [0.4, 0.5) is 0 Å². The van der Waals surface area contributed by atoms with Gasteiger partial charge in [0.05, 0.1) is 33.0 Å². The van der Waals surface area contributed by atoms with Gasteiger partial charge >= 0.3 is 5.97 Å². The first-order valence-electron chi connectivity index (χ1n) is 6.49. The van der Waals surface area contributed by atoms with Gasteiger partial charge in [0, 0.05) is 4.47 Å². The zero-order chi connectivity index (χ0) is 14.8. The fourth-order valence-corrected chi connectivity index (χ4v) is 4.77. The van der Waals surface area contributed by atoms with Crippen LogP contribution in [0.15, 0.2) is 33.6 Å². The van der Waals surface area contributed by atoms with Gasteiger partial charge in [0.15, 0.2) is 0 Å². The van der Waals surface area contributed by atoms with Gasteiger partial charge in [-0.05, 0) is 53.7 Å². The summed E-state index contributed by atoms with van der Waals surface area (Å²) >= 11 is 3.36. The third-order valence-electron chi connectivity index (χ3n) is 3.75. The lowest BCUT2D eigenvalue weighted by atomic mass is 9.80. The lowest BCUT2D eigenvalue weighted by Gasteiger charge is -2.34. The first-order valence-corrected chi connectivity index (χ1v) is 8.60. The number of carbonyl (C=O) groups is 1. The van der Waals surface area contributed by atoms with Crippen molar-refractivity contribution < 1.29 is 19.2 Å². The van der Waals surface area contributed by atoms with E-state index in [2.05, 4.69) is 15.9 Å². The molecule has 110 valence electrons. The fraction of sp³-hybridized carbons (Fsp3) is 0.500. The molecule has 1 aromatic carbocycles. The van der Waals surface area contributed by atoms with Gasteiger partial charge in [-0.3, -0.25) is 9.00 Å². The van der Waals surface area contributed by atoms with Crippen molar-refractivity contribution >= 4 is 32.7 Å². The molecule has 2 N–H and O–H groups in total. The summed E-state index contributed by atoms with van der Waals surface area (Å²) in [7, 11) is -1.30. The first kappa shape index (κ1) is 15.7. The van der Waals surface area contributed by atoms with Gasteiger partial charge in [0.1, 0.15) is 0 Å². The van der Waals surface area contributed by atoms with Gasteiger partial charge in [-0.25, -0.2) is 0 Å². The quantitative estimate of drug-likeness (QED) is 0.865. The summed E-state index contributed by atoms with van der Waals surface area (Å²) in [6.45, 7) is 0. The van der Waals surface area contributed by atoms with E-state index in [4.69, 9.17) is 5.11 Å². The van der Waals surface area contributed by atoms with Crippen molar-refractivity contribution in [3.05, 3.63) is 28.7 Å². The Labute approximate surface area is 128 Å². The Balaban J connectivity index is 2.02. The van der Waals surface area contributed by atoms with Gasteiger partial charge in [-0.15, -0.1) is 0 Å². The minimum Gasteiger partial charge on any atom is -0.481 e. The van der Waals surface area contributed by atoms with Crippen LogP contribution in [0.25, 0.3) is 0 Å². The van der Waals surface area contributed by atoms with Crippen molar-refractivity contribution in [3.8, 4) is 0 Å². The Kier molecular flexibility index (Phi) is 4.99. The molecule has 0 spiro atoms. The van der Waals surface area contributed by atoms with Crippen LogP contribution in [0.3, 0.4) is 0 Å². The smallest absolute Gasteiger partial charge is 0.306 e. The van der Waals surface area contributed by atoms with E-state index in [1.165, 1.54) is 0 Å². The van der Waals surface area contributed by atoms with E-state index in [1.54, 1.807) is 6.07 Å². The number of halogens is 1. The molecule has 1 aliphatic carbocycles. The maximum Gasteiger partial charge on any atom is 0.306 e. The maximum atomic E-state index is 12.4. The molecule has 0 aliphatic heterocycles. The van der Waals surface area contributed by atoms with Crippen molar-refractivity contribution in [1.82, 2.24) is 0 Å². The van der Waals surface area contributed by atoms with E-state index in [-0.39, 0.29) is 11.7 Å². The van der Waals surface area contributed by atoms with Crippen LogP contribution in [0, 0.1) is 5.92 Å². The number of carboxylic acids is 1. The second-order valence-corrected chi connectivity index (χ2v) is 7.53. The minimum atomic E-state index is -1.30. The highest BCUT2D eigenvalue weighted by Crippen LogP contribution is 2.34. The topological polar surface area (TPSA) is 74.6 Å². The van der Waals surface area contributed by atoms with Crippen LogP contribution in [-0.4, -0.2) is 31.7 Å². The van der Waals surface area contributed by atoms with Crippen LogP contribution in [0.5, 0.6) is 0 Å². The standard InChI is InChI=1S/C14H17BrO4S/c15-11-3-1-2-4-12(11)20(19)9-14(18)7-5-10(6-8-14)13(16)17/h1-4,10,18H,5-9H2,(H,16,17). The van der Waals surface area contributed by atoms with Crippen molar-refractivity contribution in [2.45, 2.75) is 36.2 Å². The molecule has 20 heavy (non-hydrogen) atoms. The Morgan fingerprint density at radius 2 is 1.95 bits per heavy atom. The van der Waals surface area contributed by atoms with Gasteiger partial charge in [0.2, 0.25) is 0 Å². The Morgan fingerprint density at radius 3 is 2.50 bits per heavy atom. The monoisotopic (exact) mass is 360 g/mol. The highest BCUT2D eigenvalue weighted by Gasteiger charge is 2.37. The number of hydrogen-bond donors (Lipinski definition) is 2. The predicted molar refractivity (Wildman–Crippen MR) is 80.0 cm³/mol. The number of carboxylic acid groups (broad SMARTS) is 1. The highest BCUT2D eigenvalue weighted by atomic mass is 79.9. The molecule has 2 rings (SSSR count). The predicted octanol–water partition coefficient (Wildman–Crippen LogP) is 2.56. The molecule has 1 atom stereocenters. The van der Waals surface area contributed by atoms with Crippen molar-refractivity contribution in [3.63, 3.8) is 0 Å². The number of rotatable bonds is 4. The van der Waals surface area contributed by atoms with Crippen LogP contribution < -0.4 is 0 Å². The molecule has 1 fully saturated rings. The van der Waals surface area contributed by atoms with E-state index < -0.39 is 22.4 Å².